The maximum Gasteiger partial charge on any atom is 0.266 e. The normalized spacial score (nSPS) is 20.1. The van der Waals surface area contributed by atoms with Gasteiger partial charge >= 0.3 is 0 Å². The summed E-state index contributed by atoms with van der Waals surface area (Å²) >= 11 is 6.48. The first-order chi connectivity index (χ1) is 12.9. The average Bonchev–Trinajstić information content (AvgIpc) is 3.08. The monoisotopic (exact) mass is 406 g/mol. The number of hydrogen-bond donors (Lipinski definition) is 0. The molecular weight excluding hydrogens is 386 g/mol. The van der Waals surface area contributed by atoms with Crippen LogP contribution in [-0.4, -0.2) is 40.4 Å². The molecular formula is C19H20NO5S2-. The van der Waals surface area contributed by atoms with E-state index in [0.29, 0.717) is 28.0 Å². The molecule has 2 aliphatic heterocycles. The van der Waals surface area contributed by atoms with E-state index >= 15 is 0 Å². The first-order valence-corrected chi connectivity index (χ1v) is 10.0. The van der Waals surface area contributed by atoms with E-state index < -0.39 is 5.97 Å². The van der Waals surface area contributed by atoms with Crippen LogP contribution in [0.25, 0.3) is 6.08 Å². The summed E-state index contributed by atoms with van der Waals surface area (Å²) in [5.41, 5.74) is 1.86. The molecule has 8 heteroatoms. The van der Waals surface area contributed by atoms with Gasteiger partial charge in [-0.3, -0.25) is 9.69 Å². The number of nitrogens with zero attached hydrogens (tertiary/aromatic N) is 1. The molecule has 0 radical (unpaired) electrons. The molecule has 144 valence electrons. The lowest BCUT2D eigenvalue weighted by Gasteiger charge is -2.14. The largest absolute Gasteiger partial charge is 0.550 e. The van der Waals surface area contributed by atoms with Crippen molar-refractivity contribution in [3.8, 4) is 11.5 Å². The molecule has 0 aliphatic carbocycles. The van der Waals surface area contributed by atoms with E-state index in [1.165, 1.54) is 16.7 Å². The number of carbonyl (C=O) groups excluding carboxylic acids is 2. The van der Waals surface area contributed by atoms with Gasteiger partial charge in [0.25, 0.3) is 5.91 Å². The van der Waals surface area contributed by atoms with Crippen LogP contribution in [0.4, 0.5) is 0 Å². The Bertz CT molecular complexity index is 821. The number of fused-ring (bicyclic) bond motifs is 1. The molecule has 0 N–H and O–H groups in total. The molecule has 0 bridgehead atoms. The zero-order chi connectivity index (χ0) is 19.6. The summed E-state index contributed by atoms with van der Waals surface area (Å²) in [6.45, 7) is 4.70. The number of aliphatic carboxylic acids is 1. The van der Waals surface area contributed by atoms with Crippen LogP contribution in [0.2, 0.25) is 0 Å². The number of amides is 1. The highest BCUT2D eigenvalue weighted by Crippen LogP contribution is 2.39. The second-order valence-corrected chi connectivity index (χ2v) is 8.05. The lowest BCUT2D eigenvalue weighted by molar-refractivity contribution is -0.305. The minimum Gasteiger partial charge on any atom is -0.550 e. The van der Waals surface area contributed by atoms with Crippen LogP contribution in [0.15, 0.2) is 17.0 Å². The van der Waals surface area contributed by atoms with E-state index in [1.807, 2.05) is 26.0 Å². The standard InChI is InChI=1S/C19H21NO5S2/c1-3-24-14-8-12-7-11(2)25-15(12)9-13(14)10-16-18(23)20(19(26)27-16)6-4-5-17(21)22/h8-11H,3-7H2,1-2H3,(H,21,22)/p-1/b16-10-/t11-/m0/s1. The maximum absolute atomic E-state index is 12.7. The Morgan fingerprint density at radius 2 is 2.30 bits per heavy atom. The molecule has 1 amide bonds. The fourth-order valence-corrected chi connectivity index (χ4v) is 4.36. The minimum absolute atomic E-state index is 0.106. The molecule has 2 aliphatic rings. The van der Waals surface area contributed by atoms with Crippen LogP contribution in [0.1, 0.15) is 37.8 Å². The highest BCUT2D eigenvalue weighted by molar-refractivity contribution is 8.26. The first kappa shape index (κ1) is 19.7. The maximum atomic E-state index is 12.7. The van der Waals surface area contributed by atoms with E-state index in [9.17, 15) is 14.7 Å². The molecule has 1 atom stereocenters. The lowest BCUT2D eigenvalue weighted by atomic mass is 10.1. The Morgan fingerprint density at radius 3 is 3.00 bits per heavy atom. The molecule has 27 heavy (non-hydrogen) atoms. The topological polar surface area (TPSA) is 78.9 Å². The summed E-state index contributed by atoms with van der Waals surface area (Å²) in [6, 6.07) is 3.86. The number of carboxylic acids is 1. The lowest BCUT2D eigenvalue weighted by Crippen LogP contribution is -2.30. The van der Waals surface area contributed by atoms with Crippen molar-refractivity contribution >= 4 is 46.3 Å². The zero-order valence-electron chi connectivity index (χ0n) is 15.1. The number of thioether (sulfide) groups is 1. The molecule has 1 aromatic rings. The van der Waals surface area contributed by atoms with Crippen molar-refractivity contribution in [1.82, 2.24) is 4.90 Å². The molecule has 0 saturated carbocycles. The van der Waals surface area contributed by atoms with Gasteiger partial charge in [-0.05, 0) is 44.9 Å². The molecule has 3 rings (SSSR count). The average molecular weight is 407 g/mol. The third kappa shape index (κ3) is 4.44. The van der Waals surface area contributed by atoms with E-state index in [1.54, 1.807) is 6.08 Å². The van der Waals surface area contributed by atoms with Crippen molar-refractivity contribution in [2.24, 2.45) is 0 Å². The summed E-state index contributed by atoms with van der Waals surface area (Å²) in [4.78, 5) is 25.2. The van der Waals surface area contributed by atoms with Gasteiger partial charge in [-0.25, -0.2) is 0 Å². The van der Waals surface area contributed by atoms with Crippen molar-refractivity contribution in [2.45, 2.75) is 39.2 Å². The van der Waals surface area contributed by atoms with Crippen LogP contribution >= 0.6 is 24.0 Å². The Morgan fingerprint density at radius 1 is 1.52 bits per heavy atom. The van der Waals surface area contributed by atoms with E-state index in [4.69, 9.17) is 21.7 Å². The van der Waals surface area contributed by atoms with Gasteiger partial charge in [0, 0.05) is 30.1 Å². The van der Waals surface area contributed by atoms with Crippen molar-refractivity contribution in [3.05, 3.63) is 28.2 Å². The van der Waals surface area contributed by atoms with Crippen LogP contribution in [0.3, 0.4) is 0 Å². The van der Waals surface area contributed by atoms with Gasteiger partial charge in [0.15, 0.2) is 0 Å². The molecule has 0 unspecified atom stereocenters. The fourth-order valence-electron chi connectivity index (χ4n) is 3.06. The third-order valence-corrected chi connectivity index (χ3v) is 5.63. The first-order valence-electron chi connectivity index (χ1n) is 8.80. The predicted octanol–water partition coefficient (Wildman–Crippen LogP) is 2.14. The highest BCUT2D eigenvalue weighted by atomic mass is 32.2. The number of ether oxygens (including phenoxy) is 2. The second-order valence-electron chi connectivity index (χ2n) is 6.37. The van der Waals surface area contributed by atoms with Gasteiger partial charge in [-0.1, -0.05) is 24.0 Å². The Hall–Kier alpha value is -2.06. The molecule has 1 aromatic carbocycles. The summed E-state index contributed by atoms with van der Waals surface area (Å²) in [6.07, 6.45) is 2.90. The third-order valence-electron chi connectivity index (χ3n) is 4.25. The zero-order valence-corrected chi connectivity index (χ0v) is 16.8. The molecule has 1 saturated heterocycles. The molecule has 2 heterocycles. The van der Waals surface area contributed by atoms with Gasteiger partial charge in [-0.15, -0.1) is 0 Å². The highest BCUT2D eigenvalue weighted by Gasteiger charge is 2.32. The number of thiocarbonyl (C=S) groups is 1. The Labute approximate surface area is 167 Å². The van der Waals surface area contributed by atoms with Crippen LogP contribution in [0, 0.1) is 0 Å². The molecule has 0 aromatic heterocycles. The Kier molecular flexibility index (Phi) is 6.06. The second kappa shape index (κ2) is 8.31. The summed E-state index contributed by atoms with van der Waals surface area (Å²) in [5, 5.41) is 10.6. The smallest absolute Gasteiger partial charge is 0.266 e. The van der Waals surface area contributed by atoms with Gasteiger partial charge < -0.3 is 19.4 Å². The molecule has 0 spiro atoms. The Balaban J connectivity index is 1.84. The number of hydrogen-bond acceptors (Lipinski definition) is 7. The SMILES string of the molecule is CCOc1cc2c(cc1/C=C1\SC(=S)N(CCCC(=O)[O-])C1=O)O[C@@H](C)C2. The van der Waals surface area contributed by atoms with E-state index in [-0.39, 0.29) is 25.0 Å². The van der Waals surface area contributed by atoms with Gasteiger partial charge in [-0.2, -0.15) is 0 Å². The van der Waals surface area contributed by atoms with Crippen LogP contribution < -0.4 is 14.6 Å². The van der Waals surface area contributed by atoms with Gasteiger partial charge in [0.2, 0.25) is 0 Å². The van der Waals surface area contributed by atoms with E-state index in [0.717, 1.165) is 23.3 Å². The van der Waals surface area contributed by atoms with Crippen molar-refractivity contribution in [1.29, 1.82) is 0 Å². The fraction of sp³-hybridized carbons (Fsp3) is 0.421. The summed E-state index contributed by atoms with van der Waals surface area (Å²) in [7, 11) is 0. The van der Waals surface area contributed by atoms with Gasteiger partial charge in [0.1, 0.15) is 21.9 Å². The minimum atomic E-state index is -1.13. The van der Waals surface area contributed by atoms with Crippen molar-refractivity contribution < 1.29 is 24.2 Å². The quantitative estimate of drug-likeness (QED) is 0.507. The van der Waals surface area contributed by atoms with Crippen molar-refractivity contribution in [3.63, 3.8) is 0 Å². The number of carboxylic acid groups (broad SMARTS) is 1. The summed E-state index contributed by atoms with van der Waals surface area (Å²) in [5.74, 6) is 0.156. The predicted molar refractivity (Wildman–Crippen MR) is 106 cm³/mol. The number of carbonyl (C=O) groups is 2. The van der Waals surface area contributed by atoms with E-state index in [2.05, 4.69) is 0 Å². The van der Waals surface area contributed by atoms with Crippen molar-refractivity contribution in [2.75, 3.05) is 13.2 Å². The molecule has 1 fully saturated rings. The number of benzene rings is 1. The van der Waals surface area contributed by atoms with Gasteiger partial charge in [0.05, 0.1) is 11.5 Å². The van der Waals surface area contributed by atoms with Crippen LogP contribution in [-0.2, 0) is 16.0 Å². The molecule has 6 nitrogen and oxygen atoms in total. The summed E-state index contributed by atoms with van der Waals surface area (Å²) < 4.78 is 12.0. The number of rotatable bonds is 7. The van der Waals surface area contributed by atoms with Crippen LogP contribution in [0.5, 0.6) is 11.5 Å².